The average Bonchev–Trinajstić information content (AvgIpc) is 2.53. The Bertz CT molecular complexity index is 493. The highest BCUT2D eigenvalue weighted by molar-refractivity contribution is 9.09. The normalized spacial score (nSPS) is 14.0. The summed E-state index contributed by atoms with van der Waals surface area (Å²) in [5.74, 6) is -3.01. The molecule has 0 amide bonds. The molecule has 156 valence electrons. The van der Waals surface area contributed by atoms with Gasteiger partial charge < -0.3 is 28.8 Å². The zero-order valence-electron chi connectivity index (χ0n) is 15.6. The Balaban J connectivity index is 5.68. The van der Waals surface area contributed by atoms with Crippen LogP contribution in [0.15, 0.2) is 0 Å². The third-order valence-corrected chi connectivity index (χ3v) is 3.44. The van der Waals surface area contributed by atoms with Gasteiger partial charge in [0.25, 0.3) is 6.29 Å². The number of hydrogen-bond donors (Lipinski definition) is 1. The van der Waals surface area contributed by atoms with Gasteiger partial charge in [-0.15, -0.1) is 0 Å². The Morgan fingerprint density at radius 1 is 0.852 bits per heavy atom. The van der Waals surface area contributed by atoms with Gasteiger partial charge >= 0.3 is 23.9 Å². The van der Waals surface area contributed by atoms with Crippen molar-refractivity contribution in [3.05, 3.63) is 0 Å². The molecular formula is C16H25BrO10. The van der Waals surface area contributed by atoms with E-state index in [0.717, 1.165) is 27.7 Å². The van der Waals surface area contributed by atoms with E-state index in [2.05, 4.69) is 15.9 Å². The van der Waals surface area contributed by atoms with Gasteiger partial charge in [0, 0.05) is 39.6 Å². The van der Waals surface area contributed by atoms with E-state index < -0.39 is 55.1 Å². The van der Waals surface area contributed by atoms with Gasteiger partial charge in [0.15, 0.2) is 12.2 Å². The van der Waals surface area contributed by atoms with Gasteiger partial charge in [-0.3, -0.25) is 19.2 Å². The van der Waals surface area contributed by atoms with Crippen molar-refractivity contribution in [2.24, 2.45) is 0 Å². The molecule has 0 saturated carbocycles. The van der Waals surface area contributed by atoms with Crippen LogP contribution in [0.5, 0.6) is 0 Å². The number of esters is 4. The van der Waals surface area contributed by atoms with Gasteiger partial charge in [0.05, 0.1) is 0 Å². The van der Waals surface area contributed by atoms with Crippen LogP contribution in [0, 0.1) is 0 Å². The molecular weight excluding hydrogens is 432 g/mol. The van der Waals surface area contributed by atoms with Crippen molar-refractivity contribution in [1.29, 1.82) is 0 Å². The van der Waals surface area contributed by atoms with E-state index in [1.807, 2.05) is 0 Å². The lowest BCUT2D eigenvalue weighted by Crippen LogP contribution is -2.52. The van der Waals surface area contributed by atoms with E-state index in [-0.39, 0.29) is 6.61 Å². The summed E-state index contributed by atoms with van der Waals surface area (Å²) in [7, 11) is 0. The molecule has 0 aromatic heterocycles. The third-order valence-electron chi connectivity index (χ3n) is 2.88. The second-order valence-corrected chi connectivity index (χ2v) is 6.20. The van der Waals surface area contributed by atoms with Crippen LogP contribution in [0.4, 0.5) is 0 Å². The molecule has 0 heterocycles. The molecule has 0 aromatic carbocycles. The van der Waals surface area contributed by atoms with Crippen LogP contribution in [-0.2, 0) is 42.9 Å². The molecule has 11 heteroatoms. The molecule has 0 fully saturated rings. The lowest BCUT2D eigenvalue weighted by Gasteiger charge is -2.33. The maximum absolute atomic E-state index is 11.5. The minimum Gasteiger partial charge on any atom is -0.463 e. The molecule has 0 aliphatic heterocycles. The number of ether oxygens (including phenoxy) is 5. The fourth-order valence-corrected chi connectivity index (χ4v) is 2.17. The second-order valence-electron chi connectivity index (χ2n) is 5.41. The molecule has 0 aliphatic carbocycles. The van der Waals surface area contributed by atoms with Gasteiger partial charge in [0.2, 0.25) is 0 Å². The van der Waals surface area contributed by atoms with E-state index in [1.165, 1.54) is 0 Å². The average molecular weight is 457 g/mol. The van der Waals surface area contributed by atoms with Crippen molar-refractivity contribution in [2.45, 2.75) is 58.7 Å². The van der Waals surface area contributed by atoms with Crippen molar-refractivity contribution in [1.82, 2.24) is 0 Å². The first-order chi connectivity index (χ1) is 12.6. The van der Waals surface area contributed by atoms with Crippen molar-refractivity contribution < 1.29 is 48.0 Å². The van der Waals surface area contributed by atoms with Gasteiger partial charge in [-0.05, 0) is 6.42 Å². The van der Waals surface area contributed by atoms with Crippen molar-refractivity contribution in [3.8, 4) is 0 Å². The van der Waals surface area contributed by atoms with Crippen LogP contribution in [0.1, 0.15) is 34.1 Å². The molecule has 0 bridgehead atoms. The van der Waals surface area contributed by atoms with Gasteiger partial charge in [-0.1, -0.05) is 15.9 Å². The van der Waals surface area contributed by atoms with E-state index in [9.17, 15) is 24.3 Å². The minimum absolute atomic E-state index is 0.104. The molecule has 0 saturated heterocycles. The van der Waals surface area contributed by atoms with Crippen molar-refractivity contribution in [3.63, 3.8) is 0 Å². The van der Waals surface area contributed by atoms with Crippen LogP contribution < -0.4 is 0 Å². The van der Waals surface area contributed by atoms with Gasteiger partial charge in [-0.25, -0.2) is 0 Å². The molecule has 0 spiro atoms. The lowest BCUT2D eigenvalue weighted by molar-refractivity contribution is -0.237. The summed E-state index contributed by atoms with van der Waals surface area (Å²) in [6.45, 7) is 3.99. The highest BCUT2D eigenvalue weighted by Gasteiger charge is 2.42. The number of aliphatic hydroxyl groups is 1. The number of hydrogen-bond acceptors (Lipinski definition) is 10. The summed E-state index contributed by atoms with van der Waals surface area (Å²) in [6.07, 6.45) is -5.39. The quantitative estimate of drug-likeness (QED) is 0.145. The number of carbonyl (C=O) groups excluding carboxylic acids is 4. The zero-order valence-corrected chi connectivity index (χ0v) is 17.2. The Kier molecular flexibility index (Phi) is 12.6. The second kappa shape index (κ2) is 13.4. The zero-order chi connectivity index (χ0) is 21.0. The lowest BCUT2D eigenvalue weighted by atomic mass is 10.1. The topological polar surface area (TPSA) is 135 Å². The fraction of sp³-hybridized carbons (Fsp3) is 0.750. The summed E-state index contributed by atoms with van der Waals surface area (Å²) >= 11 is 3.22. The largest absolute Gasteiger partial charge is 0.463 e. The number of aliphatic hydroxyl groups excluding tert-OH is 1. The molecule has 3 atom stereocenters. The molecule has 2 unspecified atom stereocenters. The smallest absolute Gasteiger partial charge is 0.305 e. The highest BCUT2D eigenvalue weighted by atomic mass is 79.9. The number of rotatable bonds is 12. The maximum atomic E-state index is 11.5. The van der Waals surface area contributed by atoms with Crippen molar-refractivity contribution in [2.75, 3.05) is 18.5 Å². The molecule has 0 rings (SSSR count). The standard InChI is InChI=1S/C16H25BrO10/c1-9(18)24-8-13(22)14(25-10(2)19)15(23-7-5-6-17)16(26-11(3)20)27-12(4)21/h13-16,22H,5-8H2,1-4H3/t13?,14-,15?/m0/s1. The Morgan fingerprint density at radius 2 is 1.37 bits per heavy atom. The first kappa shape index (κ1) is 25.3. The SMILES string of the molecule is CC(=O)OCC(O)[C@H](OC(C)=O)C(OCCCBr)C(OC(C)=O)OC(C)=O. The van der Waals surface area contributed by atoms with Gasteiger partial charge in [0.1, 0.15) is 12.7 Å². The Morgan fingerprint density at radius 3 is 1.78 bits per heavy atom. The number of halogens is 1. The maximum Gasteiger partial charge on any atom is 0.305 e. The van der Waals surface area contributed by atoms with E-state index in [4.69, 9.17) is 23.7 Å². The molecule has 27 heavy (non-hydrogen) atoms. The van der Waals surface area contributed by atoms with E-state index in [1.54, 1.807) is 0 Å². The number of carbonyl (C=O) groups is 4. The highest BCUT2D eigenvalue weighted by Crippen LogP contribution is 2.19. The summed E-state index contributed by atoms with van der Waals surface area (Å²) in [6, 6.07) is 0. The predicted octanol–water partition coefficient (Wildman–Crippen LogP) is 0.465. The third kappa shape index (κ3) is 11.6. The molecule has 0 aliphatic rings. The van der Waals surface area contributed by atoms with Crippen LogP contribution in [0.3, 0.4) is 0 Å². The van der Waals surface area contributed by atoms with Gasteiger partial charge in [-0.2, -0.15) is 0 Å². The summed E-state index contributed by atoms with van der Waals surface area (Å²) in [5.41, 5.74) is 0. The Hall–Kier alpha value is -1.72. The molecule has 1 N–H and O–H groups in total. The molecule has 10 nitrogen and oxygen atoms in total. The summed E-state index contributed by atoms with van der Waals surface area (Å²) in [4.78, 5) is 45.2. The van der Waals surface area contributed by atoms with Crippen molar-refractivity contribution >= 4 is 39.8 Å². The molecule has 0 aromatic rings. The van der Waals surface area contributed by atoms with E-state index in [0.29, 0.717) is 11.8 Å². The van der Waals surface area contributed by atoms with Crippen LogP contribution in [0.2, 0.25) is 0 Å². The first-order valence-electron chi connectivity index (χ1n) is 8.09. The summed E-state index contributed by atoms with van der Waals surface area (Å²) in [5, 5.41) is 10.9. The Labute approximate surface area is 165 Å². The number of alkyl halides is 1. The summed E-state index contributed by atoms with van der Waals surface area (Å²) < 4.78 is 25.3. The predicted molar refractivity (Wildman–Crippen MR) is 93.7 cm³/mol. The van der Waals surface area contributed by atoms with Crippen LogP contribution in [-0.4, -0.2) is 72.1 Å². The fourth-order valence-electron chi connectivity index (χ4n) is 1.94. The van der Waals surface area contributed by atoms with E-state index >= 15 is 0 Å². The van der Waals surface area contributed by atoms with Crippen LogP contribution in [0.25, 0.3) is 0 Å². The first-order valence-corrected chi connectivity index (χ1v) is 9.21. The monoisotopic (exact) mass is 456 g/mol. The van der Waals surface area contributed by atoms with Crippen LogP contribution >= 0.6 is 15.9 Å². The molecule has 0 radical (unpaired) electrons. The minimum atomic E-state index is -1.59.